The number of hydrogen-bond donors (Lipinski definition) is 2. The highest BCUT2D eigenvalue weighted by Gasteiger charge is 2.30. The molecule has 0 fully saturated rings. The number of rotatable bonds is 4. The lowest BCUT2D eigenvalue weighted by Gasteiger charge is -2.24. The van der Waals surface area contributed by atoms with E-state index in [2.05, 4.69) is 10.3 Å². The number of halogens is 2. The minimum Gasteiger partial charge on any atom is -0.349 e. The van der Waals surface area contributed by atoms with Gasteiger partial charge in [-0.2, -0.15) is 0 Å². The highest BCUT2D eigenvalue weighted by Crippen LogP contribution is 2.19. The van der Waals surface area contributed by atoms with Crippen molar-refractivity contribution in [2.45, 2.75) is 32.9 Å². The lowest BCUT2D eigenvalue weighted by Crippen LogP contribution is -2.48. The third-order valence-corrected chi connectivity index (χ3v) is 4.33. The Hall–Kier alpha value is -1.14. The molecule has 1 amide bonds. The molecule has 122 valence electrons. The molecule has 0 aliphatic heterocycles. The zero-order chi connectivity index (χ0) is 14.8. The van der Waals surface area contributed by atoms with Gasteiger partial charge in [-0.05, 0) is 26.3 Å². The number of benzene rings is 1. The van der Waals surface area contributed by atoms with Crippen molar-refractivity contribution in [3.8, 4) is 0 Å². The summed E-state index contributed by atoms with van der Waals surface area (Å²) >= 11 is 1.60. The van der Waals surface area contributed by atoms with Gasteiger partial charge < -0.3 is 11.1 Å². The van der Waals surface area contributed by atoms with Crippen LogP contribution >= 0.6 is 36.2 Å². The fraction of sp³-hybridized carbons (Fsp3) is 0.333. The van der Waals surface area contributed by atoms with E-state index >= 15 is 0 Å². The summed E-state index contributed by atoms with van der Waals surface area (Å²) in [5, 5.41) is 3.90. The molecule has 0 saturated carbocycles. The van der Waals surface area contributed by atoms with E-state index in [4.69, 9.17) is 5.73 Å². The Kier molecular flexibility index (Phi) is 8.04. The Bertz CT molecular complexity index is 615. The fourth-order valence-electron chi connectivity index (χ4n) is 2.00. The highest BCUT2D eigenvalue weighted by molar-refractivity contribution is 7.11. The van der Waals surface area contributed by atoms with Crippen LogP contribution in [0.4, 0.5) is 0 Å². The zero-order valence-electron chi connectivity index (χ0n) is 12.8. The van der Waals surface area contributed by atoms with Gasteiger partial charge in [-0.25, -0.2) is 4.98 Å². The first-order valence-corrected chi connectivity index (χ1v) is 7.28. The number of carbonyl (C=O) groups excluding carboxylic acids is 1. The molecule has 1 aromatic heterocycles. The summed E-state index contributed by atoms with van der Waals surface area (Å²) in [5.74, 6) is -0.186. The van der Waals surface area contributed by atoms with Gasteiger partial charge in [0.15, 0.2) is 0 Å². The quantitative estimate of drug-likeness (QED) is 0.878. The van der Waals surface area contributed by atoms with Crippen molar-refractivity contribution in [3.63, 3.8) is 0 Å². The number of aryl methyl sites for hydroxylation is 2. The first-order chi connectivity index (χ1) is 9.41. The maximum Gasteiger partial charge on any atom is 0.244 e. The lowest BCUT2D eigenvalue weighted by atomic mass is 9.92. The van der Waals surface area contributed by atoms with Gasteiger partial charge in [-0.15, -0.1) is 36.2 Å². The monoisotopic (exact) mass is 361 g/mol. The number of nitrogens with two attached hydrogens (primary N) is 1. The number of aromatic nitrogens is 1. The SMILES string of the molecule is Cc1nc(C)c(CNC(=O)C(C)(N)c2ccccc2)s1.Cl.Cl. The van der Waals surface area contributed by atoms with Crippen LogP contribution in [0.3, 0.4) is 0 Å². The fourth-order valence-corrected chi connectivity index (χ4v) is 2.87. The molecule has 0 aliphatic carbocycles. The molecule has 2 rings (SSSR count). The van der Waals surface area contributed by atoms with E-state index in [0.717, 1.165) is 21.1 Å². The first kappa shape index (κ1) is 20.9. The van der Waals surface area contributed by atoms with E-state index in [1.165, 1.54) is 0 Å². The minimum absolute atomic E-state index is 0. The van der Waals surface area contributed by atoms with Crippen LogP contribution in [0.2, 0.25) is 0 Å². The van der Waals surface area contributed by atoms with Crippen molar-refractivity contribution >= 4 is 42.1 Å². The minimum atomic E-state index is -1.03. The molecule has 1 atom stereocenters. The third-order valence-electron chi connectivity index (χ3n) is 3.25. The van der Waals surface area contributed by atoms with Crippen molar-refractivity contribution in [2.24, 2.45) is 5.73 Å². The normalized spacial score (nSPS) is 12.5. The summed E-state index contributed by atoms with van der Waals surface area (Å²) in [6.07, 6.45) is 0. The smallest absolute Gasteiger partial charge is 0.244 e. The van der Waals surface area contributed by atoms with Gasteiger partial charge in [-0.1, -0.05) is 30.3 Å². The molecule has 1 unspecified atom stereocenters. The second-order valence-electron chi connectivity index (χ2n) is 4.99. The summed E-state index contributed by atoms with van der Waals surface area (Å²) in [7, 11) is 0. The molecule has 3 N–H and O–H groups in total. The topological polar surface area (TPSA) is 68.0 Å². The molecule has 1 heterocycles. The molecule has 22 heavy (non-hydrogen) atoms. The summed E-state index contributed by atoms with van der Waals surface area (Å²) < 4.78 is 0. The van der Waals surface area contributed by atoms with Crippen LogP contribution in [0.25, 0.3) is 0 Å². The van der Waals surface area contributed by atoms with Crippen LogP contribution in [0.1, 0.15) is 28.1 Å². The van der Waals surface area contributed by atoms with Crippen molar-refractivity contribution in [3.05, 3.63) is 51.5 Å². The van der Waals surface area contributed by atoms with E-state index < -0.39 is 5.54 Å². The van der Waals surface area contributed by atoms with Crippen LogP contribution in [0.15, 0.2) is 30.3 Å². The summed E-state index contributed by atoms with van der Waals surface area (Å²) in [5.41, 5.74) is 6.90. The molecule has 2 aromatic rings. The summed E-state index contributed by atoms with van der Waals surface area (Å²) in [6, 6.07) is 9.39. The van der Waals surface area contributed by atoms with Gasteiger partial charge in [0, 0.05) is 4.88 Å². The average Bonchev–Trinajstić information content (AvgIpc) is 2.75. The molecule has 0 radical (unpaired) electrons. The van der Waals surface area contributed by atoms with Crippen molar-refractivity contribution < 1.29 is 4.79 Å². The van der Waals surface area contributed by atoms with E-state index in [-0.39, 0.29) is 30.7 Å². The van der Waals surface area contributed by atoms with E-state index in [0.29, 0.717) is 6.54 Å². The number of hydrogen-bond acceptors (Lipinski definition) is 4. The maximum atomic E-state index is 12.3. The standard InChI is InChI=1S/C15H19N3OS.2ClH/c1-10-13(20-11(2)18-10)9-17-14(19)15(3,16)12-7-5-4-6-8-12;;/h4-8H,9,16H2,1-3H3,(H,17,19);2*1H. The van der Waals surface area contributed by atoms with E-state index in [1.54, 1.807) is 18.3 Å². The molecule has 7 heteroatoms. The zero-order valence-corrected chi connectivity index (χ0v) is 15.2. The number of nitrogens with one attached hydrogen (secondary N) is 1. The Morgan fingerprint density at radius 1 is 1.27 bits per heavy atom. The van der Waals surface area contributed by atoms with Gasteiger partial charge in [0.05, 0.1) is 17.2 Å². The molecule has 0 aliphatic rings. The summed E-state index contributed by atoms with van der Waals surface area (Å²) in [6.45, 7) is 6.10. The summed E-state index contributed by atoms with van der Waals surface area (Å²) in [4.78, 5) is 17.7. The molecular formula is C15H21Cl2N3OS. The lowest BCUT2D eigenvalue weighted by molar-refractivity contribution is -0.126. The number of carbonyl (C=O) groups is 1. The van der Waals surface area contributed by atoms with Crippen LogP contribution in [-0.2, 0) is 16.9 Å². The van der Waals surface area contributed by atoms with Gasteiger partial charge in [0.2, 0.25) is 5.91 Å². The van der Waals surface area contributed by atoms with Crippen molar-refractivity contribution in [1.82, 2.24) is 10.3 Å². The Labute approximate surface area is 147 Å². The van der Waals surface area contributed by atoms with Gasteiger partial charge in [0.25, 0.3) is 0 Å². The van der Waals surface area contributed by atoms with Crippen LogP contribution in [0, 0.1) is 13.8 Å². The molecule has 4 nitrogen and oxygen atoms in total. The molecule has 0 bridgehead atoms. The molecule has 0 saturated heterocycles. The Balaban J connectivity index is 0.00000220. The van der Waals surface area contributed by atoms with Crippen LogP contribution in [0.5, 0.6) is 0 Å². The van der Waals surface area contributed by atoms with Crippen molar-refractivity contribution in [1.29, 1.82) is 0 Å². The third kappa shape index (κ3) is 4.68. The largest absolute Gasteiger partial charge is 0.349 e. The number of thiazole rings is 1. The second-order valence-corrected chi connectivity index (χ2v) is 6.28. The van der Waals surface area contributed by atoms with E-state index in [1.807, 2.05) is 44.2 Å². The van der Waals surface area contributed by atoms with Gasteiger partial charge in [-0.3, -0.25) is 4.79 Å². The second kappa shape index (κ2) is 8.48. The predicted molar refractivity (Wildman–Crippen MR) is 95.9 cm³/mol. The number of amides is 1. The maximum absolute atomic E-state index is 12.3. The highest BCUT2D eigenvalue weighted by atomic mass is 35.5. The van der Waals surface area contributed by atoms with Crippen molar-refractivity contribution in [2.75, 3.05) is 0 Å². The number of nitrogens with zero attached hydrogens (tertiary/aromatic N) is 1. The molecule has 0 spiro atoms. The Morgan fingerprint density at radius 2 is 1.86 bits per heavy atom. The Morgan fingerprint density at radius 3 is 2.36 bits per heavy atom. The van der Waals surface area contributed by atoms with E-state index in [9.17, 15) is 4.79 Å². The van der Waals surface area contributed by atoms with Gasteiger partial charge >= 0.3 is 0 Å². The molecule has 1 aromatic carbocycles. The van der Waals surface area contributed by atoms with Crippen LogP contribution < -0.4 is 11.1 Å². The average molecular weight is 362 g/mol. The van der Waals surface area contributed by atoms with Gasteiger partial charge in [0.1, 0.15) is 5.54 Å². The van der Waals surface area contributed by atoms with Crippen LogP contribution in [-0.4, -0.2) is 10.9 Å². The predicted octanol–water partition coefficient (Wildman–Crippen LogP) is 3.09. The molecular weight excluding hydrogens is 341 g/mol. The first-order valence-electron chi connectivity index (χ1n) is 6.47.